The topological polar surface area (TPSA) is 48.1 Å². The summed E-state index contributed by atoms with van der Waals surface area (Å²) in [6.07, 6.45) is 1.71. The minimum Gasteiger partial charge on any atom is -0.438 e. The maximum Gasteiger partial charge on any atom is 0.223 e. The third-order valence-corrected chi connectivity index (χ3v) is 3.25. The van der Waals surface area contributed by atoms with Crippen molar-refractivity contribution in [2.75, 3.05) is 0 Å². The number of hydrogen-bond acceptors (Lipinski definition) is 3. The Labute approximate surface area is 124 Å². The van der Waals surface area contributed by atoms with E-state index in [9.17, 15) is 0 Å². The Bertz CT molecular complexity index is 726. The first-order chi connectivity index (χ1) is 10.4. The molecule has 3 heteroatoms. The van der Waals surface area contributed by atoms with Crippen LogP contribution in [0.4, 0.5) is 0 Å². The molecule has 0 aliphatic carbocycles. The number of pyridine rings is 1. The van der Waals surface area contributed by atoms with Crippen LogP contribution in [0, 0.1) is 0 Å². The van der Waals surface area contributed by atoms with Crippen molar-refractivity contribution in [2.45, 2.75) is 6.54 Å². The highest BCUT2D eigenvalue weighted by Crippen LogP contribution is 2.33. The molecule has 3 rings (SSSR count). The van der Waals surface area contributed by atoms with Gasteiger partial charge >= 0.3 is 0 Å². The van der Waals surface area contributed by atoms with Crippen molar-refractivity contribution >= 4 is 0 Å². The molecule has 0 saturated heterocycles. The SMILES string of the molecule is NCc1cccnc1Oc1ccccc1-c1ccccc1. The maximum atomic E-state index is 5.99. The average Bonchev–Trinajstić information content (AvgIpc) is 2.57. The van der Waals surface area contributed by atoms with Crippen LogP contribution in [-0.4, -0.2) is 4.98 Å². The van der Waals surface area contributed by atoms with Crippen LogP contribution in [0.15, 0.2) is 72.9 Å². The highest BCUT2D eigenvalue weighted by atomic mass is 16.5. The average molecular weight is 276 g/mol. The summed E-state index contributed by atoms with van der Waals surface area (Å²) >= 11 is 0. The highest BCUT2D eigenvalue weighted by molar-refractivity contribution is 5.70. The summed E-state index contributed by atoms with van der Waals surface area (Å²) < 4.78 is 5.99. The standard InChI is InChI=1S/C18H16N2O/c19-13-15-9-6-12-20-18(15)21-17-11-5-4-10-16(17)14-7-2-1-3-8-14/h1-12H,13,19H2. The van der Waals surface area contributed by atoms with Crippen LogP contribution >= 0.6 is 0 Å². The lowest BCUT2D eigenvalue weighted by Crippen LogP contribution is -2.01. The first-order valence-electron chi connectivity index (χ1n) is 6.85. The van der Waals surface area contributed by atoms with E-state index in [0.717, 1.165) is 22.4 Å². The third kappa shape index (κ3) is 2.93. The smallest absolute Gasteiger partial charge is 0.223 e. The molecule has 0 spiro atoms. The first kappa shape index (κ1) is 13.3. The van der Waals surface area contributed by atoms with E-state index in [2.05, 4.69) is 17.1 Å². The normalized spacial score (nSPS) is 10.3. The molecule has 1 heterocycles. The predicted molar refractivity (Wildman–Crippen MR) is 84.1 cm³/mol. The first-order valence-corrected chi connectivity index (χ1v) is 6.85. The Hall–Kier alpha value is -2.65. The van der Waals surface area contributed by atoms with Gasteiger partial charge in [0.1, 0.15) is 5.75 Å². The number of benzene rings is 2. The van der Waals surface area contributed by atoms with E-state index in [1.165, 1.54) is 0 Å². The molecule has 0 bridgehead atoms. The maximum absolute atomic E-state index is 5.99. The van der Waals surface area contributed by atoms with E-state index in [-0.39, 0.29) is 0 Å². The van der Waals surface area contributed by atoms with Gasteiger partial charge in [-0.3, -0.25) is 0 Å². The molecule has 0 amide bonds. The Morgan fingerprint density at radius 2 is 1.62 bits per heavy atom. The second-order valence-corrected chi connectivity index (χ2v) is 4.64. The van der Waals surface area contributed by atoms with E-state index < -0.39 is 0 Å². The second-order valence-electron chi connectivity index (χ2n) is 4.64. The van der Waals surface area contributed by atoms with Gasteiger partial charge in [0.2, 0.25) is 5.88 Å². The molecule has 1 aromatic heterocycles. The molecule has 0 saturated carbocycles. The van der Waals surface area contributed by atoms with Crippen LogP contribution in [0.2, 0.25) is 0 Å². The van der Waals surface area contributed by atoms with E-state index in [1.54, 1.807) is 6.20 Å². The monoisotopic (exact) mass is 276 g/mol. The Balaban J connectivity index is 2.00. The zero-order valence-corrected chi connectivity index (χ0v) is 11.6. The van der Waals surface area contributed by atoms with Gasteiger partial charge in [0.25, 0.3) is 0 Å². The largest absolute Gasteiger partial charge is 0.438 e. The van der Waals surface area contributed by atoms with Gasteiger partial charge in [-0.05, 0) is 17.7 Å². The van der Waals surface area contributed by atoms with Gasteiger partial charge in [-0.1, -0.05) is 54.6 Å². The number of hydrogen-bond donors (Lipinski definition) is 1. The summed E-state index contributed by atoms with van der Waals surface area (Å²) in [5.41, 5.74) is 8.77. The van der Waals surface area contributed by atoms with Crippen molar-refractivity contribution in [3.05, 3.63) is 78.5 Å². The van der Waals surface area contributed by atoms with Crippen LogP contribution < -0.4 is 10.5 Å². The molecule has 3 aromatic rings. The van der Waals surface area contributed by atoms with Gasteiger partial charge in [-0.2, -0.15) is 0 Å². The molecule has 0 aliphatic heterocycles. The highest BCUT2D eigenvalue weighted by Gasteiger charge is 2.09. The van der Waals surface area contributed by atoms with E-state index in [1.807, 2.05) is 54.6 Å². The minimum atomic E-state index is 0.399. The molecule has 2 aromatic carbocycles. The lowest BCUT2D eigenvalue weighted by molar-refractivity contribution is 0.458. The fourth-order valence-corrected chi connectivity index (χ4v) is 2.19. The van der Waals surface area contributed by atoms with Crippen LogP contribution in [0.5, 0.6) is 11.6 Å². The van der Waals surface area contributed by atoms with E-state index in [0.29, 0.717) is 12.4 Å². The molecule has 2 N–H and O–H groups in total. The summed E-state index contributed by atoms with van der Waals surface area (Å²) in [6, 6.07) is 21.9. The molecular weight excluding hydrogens is 260 g/mol. The fourth-order valence-electron chi connectivity index (χ4n) is 2.19. The summed E-state index contributed by atoms with van der Waals surface area (Å²) in [4.78, 5) is 4.28. The molecule has 3 nitrogen and oxygen atoms in total. The predicted octanol–water partition coefficient (Wildman–Crippen LogP) is 4.00. The number of aromatic nitrogens is 1. The van der Waals surface area contributed by atoms with E-state index >= 15 is 0 Å². The molecule has 0 fully saturated rings. The molecule has 0 radical (unpaired) electrons. The number of nitrogens with zero attached hydrogens (tertiary/aromatic N) is 1. The van der Waals surface area contributed by atoms with Crippen LogP contribution in [-0.2, 0) is 6.54 Å². The lowest BCUT2D eigenvalue weighted by atomic mass is 10.1. The van der Waals surface area contributed by atoms with Crippen LogP contribution in [0.25, 0.3) is 11.1 Å². The number of ether oxygens (including phenoxy) is 1. The van der Waals surface area contributed by atoms with Gasteiger partial charge in [-0.15, -0.1) is 0 Å². The number of rotatable bonds is 4. The van der Waals surface area contributed by atoms with Crippen LogP contribution in [0.3, 0.4) is 0 Å². The molecular formula is C18H16N2O. The Morgan fingerprint density at radius 1 is 0.857 bits per heavy atom. The fraction of sp³-hybridized carbons (Fsp3) is 0.0556. The van der Waals surface area contributed by atoms with Gasteiger partial charge < -0.3 is 10.5 Å². The Morgan fingerprint density at radius 3 is 2.43 bits per heavy atom. The van der Waals surface area contributed by atoms with E-state index in [4.69, 9.17) is 10.5 Å². The zero-order chi connectivity index (χ0) is 14.5. The summed E-state index contributed by atoms with van der Waals surface area (Å²) in [5.74, 6) is 1.33. The van der Waals surface area contributed by atoms with Crippen molar-refractivity contribution in [2.24, 2.45) is 5.73 Å². The summed E-state index contributed by atoms with van der Waals surface area (Å²) in [6.45, 7) is 0.399. The quantitative estimate of drug-likeness (QED) is 0.783. The molecule has 104 valence electrons. The minimum absolute atomic E-state index is 0.399. The zero-order valence-electron chi connectivity index (χ0n) is 11.6. The van der Waals surface area contributed by atoms with Crippen LogP contribution in [0.1, 0.15) is 5.56 Å². The number of nitrogens with two attached hydrogens (primary N) is 1. The van der Waals surface area contributed by atoms with Crippen molar-refractivity contribution in [1.82, 2.24) is 4.98 Å². The third-order valence-electron chi connectivity index (χ3n) is 3.25. The van der Waals surface area contributed by atoms with Gasteiger partial charge in [0.05, 0.1) is 0 Å². The van der Waals surface area contributed by atoms with Crippen molar-refractivity contribution in [3.63, 3.8) is 0 Å². The van der Waals surface area contributed by atoms with Gasteiger partial charge in [0.15, 0.2) is 0 Å². The number of para-hydroxylation sites is 1. The van der Waals surface area contributed by atoms with Gasteiger partial charge in [0, 0.05) is 23.9 Å². The van der Waals surface area contributed by atoms with Gasteiger partial charge in [-0.25, -0.2) is 4.98 Å². The van der Waals surface area contributed by atoms with Crippen molar-refractivity contribution < 1.29 is 4.74 Å². The summed E-state index contributed by atoms with van der Waals surface area (Å²) in [5, 5.41) is 0. The van der Waals surface area contributed by atoms with Crippen molar-refractivity contribution in [1.29, 1.82) is 0 Å². The lowest BCUT2D eigenvalue weighted by Gasteiger charge is -2.12. The molecule has 0 aliphatic rings. The van der Waals surface area contributed by atoms with Crippen molar-refractivity contribution in [3.8, 4) is 22.8 Å². The molecule has 0 unspecified atom stereocenters. The summed E-state index contributed by atoms with van der Waals surface area (Å²) in [7, 11) is 0. The molecule has 21 heavy (non-hydrogen) atoms. The second kappa shape index (κ2) is 6.20. The Kier molecular flexibility index (Phi) is 3.94. The molecule has 0 atom stereocenters.